The molecule has 0 spiro atoms. The van der Waals surface area contributed by atoms with Crippen LogP contribution in [0, 0.1) is 0 Å². The van der Waals surface area contributed by atoms with Gasteiger partial charge >= 0.3 is 11.9 Å². The zero-order chi connectivity index (χ0) is 49.2. The molecule has 0 saturated carbocycles. The van der Waals surface area contributed by atoms with Gasteiger partial charge in [-0.05, 0) is 51.4 Å². The van der Waals surface area contributed by atoms with E-state index in [1.54, 1.807) is 0 Å². The summed E-state index contributed by atoms with van der Waals surface area (Å²) in [6, 6.07) is 0. The second-order valence-electron chi connectivity index (χ2n) is 20.2. The molecule has 67 heavy (non-hydrogen) atoms. The minimum atomic E-state index is -1.62. The Morgan fingerprint density at radius 2 is 0.806 bits per heavy atom. The number of allylic oxidation sites excluding steroid dienone is 6. The molecular weight excluding hydrogens is 839 g/mol. The Bertz CT molecular complexity index is 1190. The average Bonchev–Trinajstić information content (AvgIpc) is 3.29. The summed E-state index contributed by atoms with van der Waals surface area (Å²) in [7, 11) is 5.92. The maximum Gasteiger partial charge on any atom is 0.306 e. The van der Waals surface area contributed by atoms with Gasteiger partial charge < -0.3 is 33.3 Å². The molecule has 0 N–H and O–H groups in total. The van der Waals surface area contributed by atoms with Crippen LogP contribution in [0.4, 0.5) is 0 Å². The van der Waals surface area contributed by atoms with Gasteiger partial charge in [0.05, 0.1) is 40.3 Å². The number of aliphatic carboxylic acids is 1. The maximum atomic E-state index is 12.8. The second-order valence-corrected chi connectivity index (χ2v) is 20.2. The molecule has 0 fully saturated rings. The van der Waals surface area contributed by atoms with Crippen molar-refractivity contribution in [3.05, 3.63) is 36.5 Å². The molecule has 0 aromatic carbocycles. The predicted octanol–water partition coefficient (Wildman–Crippen LogP) is 14.8. The van der Waals surface area contributed by atoms with E-state index in [1.807, 2.05) is 21.1 Å². The van der Waals surface area contributed by atoms with E-state index in [1.165, 1.54) is 173 Å². The number of ether oxygens (including phenoxy) is 4. The number of esters is 2. The summed E-state index contributed by atoms with van der Waals surface area (Å²) in [6.07, 6.45) is 56.1. The molecule has 0 aromatic heterocycles. The monoisotopic (exact) mass is 946 g/mol. The Hall–Kier alpha value is -2.49. The van der Waals surface area contributed by atoms with Crippen molar-refractivity contribution in [3.8, 4) is 0 Å². The lowest BCUT2D eigenvalue weighted by Crippen LogP contribution is -2.44. The van der Waals surface area contributed by atoms with Crippen LogP contribution in [0.2, 0.25) is 0 Å². The van der Waals surface area contributed by atoms with Crippen molar-refractivity contribution in [3.63, 3.8) is 0 Å². The van der Waals surface area contributed by atoms with Crippen molar-refractivity contribution < 1.29 is 42.9 Å². The quantitative estimate of drug-likeness (QED) is 0.0195. The fourth-order valence-electron chi connectivity index (χ4n) is 8.01. The largest absolute Gasteiger partial charge is 0.545 e. The summed E-state index contributed by atoms with van der Waals surface area (Å²) in [5.41, 5.74) is 0. The normalized spacial score (nSPS) is 13.0. The molecule has 9 heteroatoms. The van der Waals surface area contributed by atoms with Gasteiger partial charge in [-0.3, -0.25) is 9.59 Å². The number of rotatable bonds is 52. The highest BCUT2D eigenvalue weighted by molar-refractivity contribution is 5.70. The third kappa shape index (κ3) is 51.2. The van der Waals surface area contributed by atoms with Crippen LogP contribution in [0.25, 0.3) is 0 Å². The Balaban J connectivity index is 4.21. The van der Waals surface area contributed by atoms with E-state index in [9.17, 15) is 19.5 Å². The van der Waals surface area contributed by atoms with Gasteiger partial charge in [0, 0.05) is 12.8 Å². The van der Waals surface area contributed by atoms with E-state index < -0.39 is 24.3 Å². The van der Waals surface area contributed by atoms with Crippen molar-refractivity contribution in [1.82, 2.24) is 0 Å². The summed E-state index contributed by atoms with van der Waals surface area (Å²) in [5, 5.41) is 11.7. The zero-order valence-electron chi connectivity index (χ0n) is 44.5. The molecule has 9 nitrogen and oxygen atoms in total. The van der Waals surface area contributed by atoms with E-state index in [0.717, 1.165) is 51.4 Å². The SMILES string of the molecule is CCCCCCC/C=C\C/C=C\C/C=C\CCCCCCCCCCCCCCC(=O)OC(COC(=O)CCCCCCCCCCCCCCCCC)COC(OCC[N+](C)(C)C)C(=O)[O-]. The molecule has 0 aliphatic carbocycles. The van der Waals surface area contributed by atoms with Crippen molar-refractivity contribution in [2.75, 3.05) is 47.5 Å². The van der Waals surface area contributed by atoms with Crippen LogP contribution in [0.1, 0.15) is 258 Å². The van der Waals surface area contributed by atoms with Crippen LogP contribution in [0.15, 0.2) is 36.5 Å². The molecule has 2 unspecified atom stereocenters. The number of carbonyl (C=O) groups is 3. The van der Waals surface area contributed by atoms with Gasteiger partial charge in [0.15, 0.2) is 12.4 Å². The number of likely N-dealkylation sites (N-methyl/N-ethyl adjacent to an activating group) is 1. The van der Waals surface area contributed by atoms with E-state index in [0.29, 0.717) is 23.9 Å². The molecule has 392 valence electrons. The first kappa shape index (κ1) is 64.5. The van der Waals surface area contributed by atoms with Crippen molar-refractivity contribution >= 4 is 17.9 Å². The summed E-state index contributed by atoms with van der Waals surface area (Å²) in [5.74, 6) is -2.27. The number of hydrogen-bond acceptors (Lipinski definition) is 8. The minimum Gasteiger partial charge on any atom is -0.545 e. The van der Waals surface area contributed by atoms with E-state index in [2.05, 4.69) is 50.3 Å². The van der Waals surface area contributed by atoms with Crippen LogP contribution in [-0.2, 0) is 33.3 Å². The second kappa shape index (κ2) is 49.9. The Labute approximate surface area is 413 Å². The van der Waals surface area contributed by atoms with Gasteiger partial charge in [-0.25, -0.2) is 0 Å². The van der Waals surface area contributed by atoms with E-state index >= 15 is 0 Å². The van der Waals surface area contributed by atoms with Gasteiger partial charge in [-0.2, -0.15) is 0 Å². The lowest BCUT2D eigenvalue weighted by Gasteiger charge is -2.26. The molecular formula is C58H107NO8. The molecule has 0 amide bonds. The van der Waals surface area contributed by atoms with Crippen molar-refractivity contribution in [2.24, 2.45) is 0 Å². The first-order valence-electron chi connectivity index (χ1n) is 28.1. The lowest BCUT2D eigenvalue weighted by molar-refractivity contribution is -0.870. The number of carbonyl (C=O) groups excluding carboxylic acids is 3. The predicted molar refractivity (Wildman–Crippen MR) is 279 cm³/mol. The van der Waals surface area contributed by atoms with E-state index in [-0.39, 0.29) is 32.2 Å². The molecule has 0 saturated heterocycles. The van der Waals surface area contributed by atoms with Gasteiger partial charge in [-0.1, -0.05) is 230 Å². The highest BCUT2D eigenvalue weighted by Gasteiger charge is 2.22. The summed E-state index contributed by atoms with van der Waals surface area (Å²) in [4.78, 5) is 37.2. The Morgan fingerprint density at radius 3 is 1.19 bits per heavy atom. The standard InChI is InChI=1S/C58H107NO8/c1-6-8-10-12-14-16-18-20-22-23-24-25-26-27-28-29-30-31-32-33-35-37-39-41-43-45-47-49-56(61)67-54(53-66-58(57(62)63)64-51-50-59(3,4)5)52-65-55(60)48-46-44-42-40-38-36-34-21-19-17-15-13-11-9-7-2/h18,20,23-24,26-27,54,58H,6-17,19,21-22,25,28-53H2,1-5H3/b20-18-,24-23-,27-26-. The molecule has 0 aliphatic rings. The molecule has 0 heterocycles. The number of carboxylic acids is 1. The minimum absolute atomic E-state index is 0.149. The number of unbranched alkanes of at least 4 members (excludes halogenated alkanes) is 31. The van der Waals surface area contributed by atoms with Crippen LogP contribution < -0.4 is 5.11 Å². The Kier molecular flexibility index (Phi) is 48.1. The topological polar surface area (TPSA) is 111 Å². The highest BCUT2D eigenvalue weighted by atomic mass is 16.7. The van der Waals surface area contributed by atoms with Crippen LogP contribution in [0.5, 0.6) is 0 Å². The fourth-order valence-corrected chi connectivity index (χ4v) is 8.01. The van der Waals surface area contributed by atoms with Crippen LogP contribution in [-0.4, -0.2) is 82.3 Å². The molecule has 0 aliphatic heterocycles. The lowest BCUT2D eigenvalue weighted by atomic mass is 10.0. The molecule has 0 bridgehead atoms. The number of carboxylic acid groups (broad SMARTS) is 1. The summed E-state index contributed by atoms with van der Waals surface area (Å²) >= 11 is 0. The van der Waals surface area contributed by atoms with Crippen LogP contribution in [0.3, 0.4) is 0 Å². The van der Waals surface area contributed by atoms with Gasteiger partial charge in [0.2, 0.25) is 0 Å². The Morgan fingerprint density at radius 1 is 0.448 bits per heavy atom. The number of nitrogens with zero attached hydrogens (tertiary/aromatic N) is 1. The first-order chi connectivity index (χ1) is 32.6. The molecule has 0 aromatic rings. The first-order valence-corrected chi connectivity index (χ1v) is 28.1. The summed E-state index contributed by atoms with van der Waals surface area (Å²) < 4.78 is 22.7. The third-order valence-corrected chi connectivity index (χ3v) is 12.4. The maximum absolute atomic E-state index is 12.8. The number of hydrogen-bond donors (Lipinski definition) is 0. The van der Waals surface area contributed by atoms with Gasteiger partial charge in [0.1, 0.15) is 13.2 Å². The van der Waals surface area contributed by atoms with Crippen molar-refractivity contribution in [1.29, 1.82) is 0 Å². The smallest absolute Gasteiger partial charge is 0.306 e. The van der Waals surface area contributed by atoms with Crippen molar-refractivity contribution in [2.45, 2.75) is 270 Å². The third-order valence-electron chi connectivity index (χ3n) is 12.4. The van der Waals surface area contributed by atoms with Gasteiger partial charge in [-0.15, -0.1) is 0 Å². The number of quaternary nitrogens is 1. The zero-order valence-corrected chi connectivity index (χ0v) is 44.5. The van der Waals surface area contributed by atoms with Gasteiger partial charge in [0.25, 0.3) is 0 Å². The highest BCUT2D eigenvalue weighted by Crippen LogP contribution is 2.16. The average molecular weight is 946 g/mol. The summed E-state index contributed by atoms with van der Waals surface area (Å²) in [6.45, 7) is 4.76. The molecule has 0 radical (unpaired) electrons. The van der Waals surface area contributed by atoms with E-state index in [4.69, 9.17) is 18.9 Å². The molecule has 0 rings (SSSR count). The fraction of sp³-hybridized carbons (Fsp3) is 0.845. The van der Waals surface area contributed by atoms with Crippen LogP contribution >= 0.6 is 0 Å². The molecule has 2 atom stereocenters.